The molecule has 3 aromatic carbocycles. The number of hydrogen-bond donors (Lipinski definition) is 0. The van der Waals surface area contributed by atoms with E-state index in [1.807, 2.05) is 12.1 Å². The minimum absolute atomic E-state index is 0.0681. The second kappa shape index (κ2) is 9.61. The Morgan fingerprint density at radius 1 is 0.886 bits per heavy atom. The van der Waals surface area contributed by atoms with Gasteiger partial charge in [-0.15, -0.1) is 0 Å². The van der Waals surface area contributed by atoms with Crippen molar-refractivity contribution in [2.24, 2.45) is 0 Å². The molecule has 4 aromatic rings. The number of ether oxygens (including phenoxy) is 2. The van der Waals surface area contributed by atoms with Gasteiger partial charge < -0.3 is 14.0 Å². The van der Waals surface area contributed by atoms with Gasteiger partial charge in [-0.2, -0.15) is 4.31 Å². The summed E-state index contributed by atoms with van der Waals surface area (Å²) in [5.41, 5.74) is 1.78. The number of para-hydroxylation sites is 2. The van der Waals surface area contributed by atoms with Gasteiger partial charge in [-0.25, -0.2) is 8.42 Å². The summed E-state index contributed by atoms with van der Waals surface area (Å²) in [6.07, 6.45) is 0. The van der Waals surface area contributed by atoms with Gasteiger partial charge in [0.1, 0.15) is 13.2 Å². The molecule has 35 heavy (non-hydrogen) atoms. The van der Waals surface area contributed by atoms with Crippen LogP contribution in [0.15, 0.2) is 82.5 Å². The van der Waals surface area contributed by atoms with Crippen LogP contribution in [0.25, 0.3) is 21.8 Å². The first-order valence-electron chi connectivity index (χ1n) is 11.3. The molecule has 5 rings (SSSR count). The minimum atomic E-state index is -3.65. The summed E-state index contributed by atoms with van der Waals surface area (Å²) in [5.74, 6) is -0.495. The van der Waals surface area contributed by atoms with Crippen LogP contribution >= 0.6 is 0 Å². The minimum Gasteiger partial charge on any atom is -0.459 e. The van der Waals surface area contributed by atoms with E-state index in [-0.39, 0.29) is 23.5 Å². The number of morpholine rings is 1. The molecule has 1 fully saturated rings. The van der Waals surface area contributed by atoms with E-state index >= 15 is 0 Å². The maximum Gasteiger partial charge on any atom is 0.326 e. The third-order valence-electron chi connectivity index (χ3n) is 6.07. The van der Waals surface area contributed by atoms with Crippen LogP contribution in [0.1, 0.15) is 5.56 Å². The molecule has 0 aliphatic carbocycles. The maximum absolute atomic E-state index is 12.9. The highest BCUT2D eigenvalue weighted by Crippen LogP contribution is 2.21. The molecule has 0 spiro atoms. The molecule has 1 aliphatic heterocycles. The third kappa shape index (κ3) is 4.58. The Morgan fingerprint density at radius 2 is 1.51 bits per heavy atom. The predicted octanol–water partition coefficient (Wildman–Crippen LogP) is 2.92. The van der Waals surface area contributed by atoms with Crippen LogP contribution in [0.5, 0.6) is 0 Å². The topological polar surface area (TPSA) is 94.9 Å². The number of aromatic nitrogens is 1. The van der Waals surface area contributed by atoms with Gasteiger partial charge >= 0.3 is 5.97 Å². The molecule has 1 aromatic heterocycles. The van der Waals surface area contributed by atoms with E-state index < -0.39 is 16.0 Å². The average Bonchev–Trinajstić information content (AvgIpc) is 2.90. The average molecular weight is 493 g/mol. The highest BCUT2D eigenvalue weighted by atomic mass is 32.2. The Balaban J connectivity index is 1.36. The summed E-state index contributed by atoms with van der Waals surface area (Å²) < 4.78 is 39.8. The highest BCUT2D eigenvalue weighted by molar-refractivity contribution is 7.89. The lowest BCUT2D eigenvalue weighted by Gasteiger charge is -2.26. The molecular weight excluding hydrogens is 468 g/mol. The lowest BCUT2D eigenvalue weighted by Crippen LogP contribution is -2.40. The van der Waals surface area contributed by atoms with Crippen molar-refractivity contribution >= 4 is 37.8 Å². The summed E-state index contributed by atoms with van der Waals surface area (Å²) in [6.45, 7) is 1.19. The molecule has 0 amide bonds. The number of pyridine rings is 1. The zero-order chi connectivity index (χ0) is 24.4. The Kier molecular flexibility index (Phi) is 6.38. The lowest BCUT2D eigenvalue weighted by atomic mass is 10.1. The van der Waals surface area contributed by atoms with Crippen molar-refractivity contribution in [2.75, 3.05) is 26.3 Å². The molecule has 180 valence electrons. The number of fused-ring (bicyclic) bond motifs is 2. The molecule has 1 aliphatic rings. The van der Waals surface area contributed by atoms with Crippen LogP contribution in [-0.2, 0) is 37.4 Å². The van der Waals surface area contributed by atoms with Crippen LogP contribution in [0.4, 0.5) is 0 Å². The molecule has 0 unspecified atom stereocenters. The van der Waals surface area contributed by atoms with Crippen molar-refractivity contribution in [3.8, 4) is 0 Å². The molecule has 0 radical (unpaired) electrons. The van der Waals surface area contributed by atoms with Crippen molar-refractivity contribution in [3.63, 3.8) is 0 Å². The predicted molar refractivity (Wildman–Crippen MR) is 132 cm³/mol. The Morgan fingerprint density at radius 3 is 2.17 bits per heavy atom. The number of carbonyl (C=O) groups excluding carboxylic acids is 1. The second-order valence-electron chi connectivity index (χ2n) is 8.27. The first kappa shape index (κ1) is 23.2. The van der Waals surface area contributed by atoms with Crippen LogP contribution in [0, 0.1) is 0 Å². The molecule has 2 heterocycles. The highest BCUT2D eigenvalue weighted by Gasteiger charge is 2.26. The Labute approximate surface area is 202 Å². The first-order chi connectivity index (χ1) is 16.9. The van der Waals surface area contributed by atoms with Gasteiger partial charge in [-0.1, -0.05) is 36.4 Å². The summed E-state index contributed by atoms with van der Waals surface area (Å²) in [7, 11) is -3.65. The number of nitrogens with zero attached hydrogens (tertiary/aromatic N) is 2. The molecule has 0 atom stereocenters. The quantitative estimate of drug-likeness (QED) is 0.303. The first-order valence-corrected chi connectivity index (χ1v) is 12.7. The molecule has 0 N–H and O–H groups in total. The third-order valence-corrected chi connectivity index (χ3v) is 7.97. The summed E-state index contributed by atoms with van der Waals surface area (Å²) >= 11 is 0. The van der Waals surface area contributed by atoms with E-state index in [1.54, 1.807) is 53.1 Å². The van der Waals surface area contributed by atoms with Crippen molar-refractivity contribution in [2.45, 2.75) is 18.0 Å². The Bertz CT molecular complexity index is 1510. The number of sulfonamides is 1. The molecular formula is C26H24N2O6S. The SMILES string of the molecule is O=C(Cn1c2ccccc2c(=O)c2ccccc21)OCc1cccc(S(=O)(=O)N2CCOCC2)c1. The van der Waals surface area contributed by atoms with Gasteiger partial charge in [0.25, 0.3) is 0 Å². The van der Waals surface area contributed by atoms with E-state index in [4.69, 9.17) is 9.47 Å². The van der Waals surface area contributed by atoms with E-state index in [1.165, 1.54) is 16.4 Å². The maximum atomic E-state index is 12.9. The molecule has 0 bridgehead atoms. The van der Waals surface area contributed by atoms with Crippen molar-refractivity contribution < 1.29 is 22.7 Å². The van der Waals surface area contributed by atoms with Gasteiger partial charge in [0.15, 0.2) is 5.43 Å². The van der Waals surface area contributed by atoms with Gasteiger partial charge in [-0.3, -0.25) is 9.59 Å². The normalized spacial score (nSPS) is 14.9. The molecule has 0 saturated carbocycles. The number of rotatable bonds is 6. The summed E-state index contributed by atoms with van der Waals surface area (Å²) in [4.78, 5) is 25.9. The van der Waals surface area contributed by atoms with Crippen molar-refractivity contribution in [1.82, 2.24) is 8.87 Å². The molecule has 8 nitrogen and oxygen atoms in total. The molecule has 1 saturated heterocycles. The van der Waals surface area contributed by atoms with Crippen molar-refractivity contribution in [3.05, 3.63) is 88.6 Å². The van der Waals surface area contributed by atoms with Gasteiger partial charge in [0, 0.05) is 23.9 Å². The summed E-state index contributed by atoms with van der Waals surface area (Å²) in [5, 5.41) is 1.06. The fourth-order valence-electron chi connectivity index (χ4n) is 4.32. The molecule has 9 heteroatoms. The van der Waals surface area contributed by atoms with Crippen LogP contribution in [0.2, 0.25) is 0 Å². The zero-order valence-corrected chi connectivity index (χ0v) is 19.7. The smallest absolute Gasteiger partial charge is 0.326 e. The number of benzene rings is 3. The largest absolute Gasteiger partial charge is 0.459 e. The van der Waals surface area contributed by atoms with E-state index in [9.17, 15) is 18.0 Å². The monoisotopic (exact) mass is 492 g/mol. The van der Waals surface area contributed by atoms with Gasteiger partial charge in [0.2, 0.25) is 10.0 Å². The fourth-order valence-corrected chi connectivity index (χ4v) is 5.80. The van der Waals surface area contributed by atoms with E-state index in [0.29, 0.717) is 53.7 Å². The van der Waals surface area contributed by atoms with E-state index in [0.717, 1.165) is 0 Å². The number of esters is 1. The standard InChI is InChI=1S/C26H24N2O6S/c29-25(17-28-23-10-3-1-8-21(23)26(30)22-9-2-4-11-24(22)28)34-18-19-6-5-7-20(16-19)35(31,32)27-12-14-33-15-13-27/h1-11,16H,12-15,17-18H2. The number of hydrogen-bond acceptors (Lipinski definition) is 6. The van der Waals surface area contributed by atoms with Gasteiger partial charge in [0.05, 0.1) is 29.1 Å². The number of carbonyl (C=O) groups is 1. The van der Waals surface area contributed by atoms with Crippen molar-refractivity contribution in [1.29, 1.82) is 0 Å². The van der Waals surface area contributed by atoms with E-state index in [2.05, 4.69) is 0 Å². The lowest BCUT2D eigenvalue weighted by molar-refractivity contribution is -0.145. The van der Waals surface area contributed by atoms with Gasteiger partial charge in [-0.05, 0) is 42.0 Å². The fraction of sp³-hybridized carbons (Fsp3) is 0.231. The summed E-state index contributed by atoms with van der Waals surface area (Å²) in [6, 6.07) is 20.7. The van der Waals surface area contributed by atoms with Crippen LogP contribution in [0.3, 0.4) is 0 Å². The van der Waals surface area contributed by atoms with Crippen LogP contribution in [-0.4, -0.2) is 49.6 Å². The Hall–Kier alpha value is -3.53. The zero-order valence-electron chi connectivity index (χ0n) is 18.9. The van der Waals surface area contributed by atoms with Crippen LogP contribution < -0.4 is 5.43 Å². The second-order valence-corrected chi connectivity index (χ2v) is 10.2.